The Labute approximate surface area is 164 Å². The summed E-state index contributed by atoms with van der Waals surface area (Å²) < 4.78 is 10.4. The van der Waals surface area contributed by atoms with Crippen LogP contribution in [0.2, 0.25) is 0 Å². The average molecular weight is 436 g/mol. The number of hydrogen-bond acceptors (Lipinski definition) is 5. The predicted molar refractivity (Wildman–Crippen MR) is 107 cm³/mol. The quantitative estimate of drug-likeness (QED) is 0.634. The van der Waals surface area contributed by atoms with Gasteiger partial charge in [0.25, 0.3) is 5.56 Å². The van der Waals surface area contributed by atoms with Crippen molar-refractivity contribution in [3.63, 3.8) is 0 Å². The molecular weight excluding hydrogens is 414 g/mol. The maximum absolute atomic E-state index is 12.5. The van der Waals surface area contributed by atoms with Crippen LogP contribution in [0.15, 0.2) is 38.6 Å². The lowest BCUT2D eigenvalue weighted by molar-refractivity contribution is 0.411. The third kappa shape index (κ3) is 3.57. The minimum atomic E-state index is -0.380. The number of fused-ring (bicyclic) bond motifs is 1. The molecule has 27 heavy (non-hydrogen) atoms. The van der Waals surface area contributed by atoms with E-state index < -0.39 is 0 Å². The van der Waals surface area contributed by atoms with Gasteiger partial charge in [-0.05, 0) is 40.5 Å². The number of halogens is 1. The van der Waals surface area contributed by atoms with E-state index in [1.165, 1.54) is 11.6 Å². The number of nitrogens with one attached hydrogen (secondary N) is 1. The highest BCUT2D eigenvalue weighted by molar-refractivity contribution is 9.10. The lowest BCUT2D eigenvalue weighted by Crippen LogP contribution is -2.37. The predicted octanol–water partition coefficient (Wildman–Crippen LogP) is 1.56. The Morgan fingerprint density at radius 2 is 2.00 bits per heavy atom. The summed E-state index contributed by atoms with van der Waals surface area (Å²) in [5.41, 5.74) is 1.24. The maximum Gasteiger partial charge on any atom is 0.332 e. The number of methoxy groups -OCH3 is 1. The van der Waals surface area contributed by atoms with Crippen LogP contribution in [0.4, 0.5) is 0 Å². The number of rotatable bonds is 6. The fourth-order valence-electron chi connectivity index (χ4n) is 3.04. The lowest BCUT2D eigenvalue weighted by Gasteiger charge is -2.16. The van der Waals surface area contributed by atoms with E-state index in [0.717, 1.165) is 20.4 Å². The summed E-state index contributed by atoms with van der Waals surface area (Å²) in [6.07, 6.45) is 1.60. The zero-order valence-corrected chi connectivity index (χ0v) is 17.3. The van der Waals surface area contributed by atoms with Crippen LogP contribution in [-0.4, -0.2) is 32.3 Å². The molecule has 8 nitrogen and oxygen atoms in total. The Balaban J connectivity index is 1.75. The monoisotopic (exact) mass is 435 g/mol. The Morgan fingerprint density at radius 1 is 1.26 bits per heavy atom. The number of benzene rings is 1. The van der Waals surface area contributed by atoms with Gasteiger partial charge in [0.05, 0.1) is 17.9 Å². The molecule has 3 aromatic rings. The van der Waals surface area contributed by atoms with Crippen LogP contribution in [0.5, 0.6) is 5.75 Å². The number of aromatic nitrogens is 4. The highest BCUT2D eigenvalue weighted by atomic mass is 79.9. The summed E-state index contributed by atoms with van der Waals surface area (Å²) in [5.74, 6) is 0.789. The maximum atomic E-state index is 12.5. The van der Waals surface area contributed by atoms with E-state index in [4.69, 9.17) is 4.74 Å². The van der Waals surface area contributed by atoms with E-state index in [1.807, 2.05) is 18.2 Å². The standard InChI is InChI=1S/C18H22BrN5O3/c1-11(12-5-6-14(27-4)13(19)9-12)20-7-8-24-10-21-16-15(24)17(25)23(3)18(26)22(16)2/h5-6,9-11,20H,7-8H2,1-4H3. The van der Waals surface area contributed by atoms with Gasteiger partial charge in [-0.15, -0.1) is 0 Å². The van der Waals surface area contributed by atoms with E-state index in [-0.39, 0.29) is 17.3 Å². The smallest absolute Gasteiger partial charge is 0.332 e. The minimum absolute atomic E-state index is 0.120. The Kier molecular flexibility index (Phi) is 5.52. The van der Waals surface area contributed by atoms with Gasteiger partial charge in [0.1, 0.15) is 5.75 Å². The van der Waals surface area contributed by atoms with Gasteiger partial charge in [0.2, 0.25) is 0 Å². The zero-order chi connectivity index (χ0) is 19.7. The average Bonchev–Trinajstić information content (AvgIpc) is 3.08. The van der Waals surface area contributed by atoms with Gasteiger partial charge < -0.3 is 14.6 Å². The molecule has 0 bridgehead atoms. The second-order valence-electron chi connectivity index (χ2n) is 6.39. The van der Waals surface area contributed by atoms with E-state index in [0.29, 0.717) is 24.3 Å². The summed E-state index contributed by atoms with van der Waals surface area (Å²) in [5, 5.41) is 3.44. The first-order valence-corrected chi connectivity index (χ1v) is 9.32. The van der Waals surface area contributed by atoms with Crippen molar-refractivity contribution in [2.24, 2.45) is 14.1 Å². The second kappa shape index (κ2) is 7.69. The molecule has 1 atom stereocenters. The molecule has 0 saturated carbocycles. The number of hydrogen-bond donors (Lipinski definition) is 1. The number of imidazole rings is 1. The summed E-state index contributed by atoms with van der Waals surface area (Å²) in [6.45, 7) is 3.27. The highest BCUT2D eigenvalue weighted by Crippen LogP contribution is 2.27. The van der Waals surface area contributed by atoms with Crippen molar-refractivity contribution >= 4 is 27.1 Å². The van der Waals surface area contributed by atoms with Crippen molar-refractivity contribution < 1.29 is 4.74 Å². The van der Waals surface area contributed by atoms with Crippen LogP contribution in [-0.2, 0) is 20.6 Å². The molecule has 0 aliphatic rings. The number of nitrogens with zero attached hydrogens (tertiary/aromatic N) is 4. The molecule has 0 aliphatic carbocycles. The van der Waals surface area contributed by atoms with Crippen LogP contribution < -0.4 is 21.3 Å². The fraction of sp³-hybridized carbons (Fsp3) is 0.389. The molecule has 144 valence electrons. The summed E-state index contributed by atoms with van der Waals surface area (Å²) in [4.78, 5) is 28.7. The van der Waals surface area contributed by atoms with Gasteiger partial charge in [0, 0.05) is 33.2 Å². The van der Waals surface area contributed by atoms with Crippen molar-refractivity contribution in [3.05, 3.63) is 55.4 Å². The van der Waals surface area contributed by atoms with Crippen molar-refractivity contribution in [3.8, 4) is 5.75 Å². The summed E-state index contributed by atoms with van der Waals surface area (Å²) in [7, 11) is 4.73. The van der Waals surface area contributed by atoms with Crippen molar-refractivity contribution in [1.82, 2.24) is 24.0 Å². The van der Waals surface area contributed by atoms with E-state index >= 15 is 0 Å². The van der Waals surface area contributed by atoms with Gasteiger partial charge in [-0.1, -0.05) is 6.07 Å². The lowest BCUT2D eigenvalue weighted by atomic mass is 10.1. The van der Waals surface area contributed by atoms with Crippen molar-refractivity contribution in [1.29, 1.82) is 0 Å². The first-order valence-electron chi connectivity index (χ1n) is 8.52. The van der Waals surface area contributed by atoms with Crippen LogP contribution in [0.1, 0.15) is 18.5 Å². The number of ether oxygens (including phenoxy) is 1. The van der Waals surface area contributed by atoms with Crippen LogP contribution in [0.3, 0.4) is 0 Å². The van der Waals surface area contributed by atoms with Gasteiger partial charge in [-0.25, -0.2) is 9.78 Å². The first kappa shape index (κ1) is 19.4. The minimum Gasteiger partial charge on any atom is -0.496 e. The third-order valence-electron chi connectivity index (χ3n) is 4.70. The second-order valence-corrected chi connectivity index (χ2v) is 7.24. The van der Waals surface area contributed by atoms with Crippen LogP contribution in [0.25, 0.3) is 11.2 Å². The highest BCUT2D eigenvalue weighted by Gasteiger charge is 2.14. The largest absolute Gasteiger partial charge is 0.496 e. The molecule has 1 unspecified atom stereocenters. The van der Waals surface area contributed by atoms with Gasteiger partial charge in [-0.2, -0.15) is 0 Å². The van der Waals surface area contributed by atoms with Crippen molar-refractivity contribution in [2.45, 2.75) is 19.5 Å². The van der Waals surface area contributed by atoms with Crippen LogP contribution >= 0.6 is 15.9 Å². The molecule has 9 heteroatoms. The molecule has 2 aromatic heterocycles. The fourth-order valence-corrected chi connectivity index (χ4v) is 3.60. The van der Waals surface area contributed by atoms with Gasteiger partial charge >= 0.3 is 5.69 Å². The van der Waals surface area contributed by atoms with Crippen molar-refractivity contribution in [2.75, 3.05) is 13.7 Å². The SMILES string of the molecule is COc1ccc(C(C)NCCn2cnc3c2c(=O)n(C)c(=O)n3C)cc1Br. The number of aryl methyl sites for hydroxylation is 1. The topological polar surface area (TPSA) is 83.1 Å². The Morgan fingerprint density at radius 3 is 2.67 bits per heavy atom. The summed E-state index contributed by atoms with van der Waals surface area (Å²) >= 11 is 3.50. The Hall–Kier alpha value is -2.39. The molecule has 0 spiro atoms. The van der Waals surface area contributed by atoms with Crippen LogP contribution in [0, 0.1) is 0 Å². The molecule has 1 N–H and O–H groups in total. The molecule has 0 aliphatic heterocycles. The summed E-state index contributed by atoms with van der Waals surface area (Å²) in [6, 6.07) is 6.08. The molecule has 2 heterocycles. The van der Waals surface area contributed by atoms with E-state index in [2.05, 4.69) is 33.2 Å². The first-order chi connectivity index (χ1) is 12.8. The molecule has 0 amide bonds. The van der Waals surface area contributed by atoms with E-state index in [1.54, 1.807) is 25.1 Å². The van der Waals surface area contributed by atoms with Gasteiger partial charge in [-0.3, -0.25) is 13.9 Å². The third-order valence-corrected chi connectivity index (χ3v) is 5.32. The van der Waals surface area contributed by atoms with E-state index in [9.17, 15) is 9.59 Å². The van der Waals surface area contributed by atoms with Gasteiger partial charge in [0.15, 0.2) is 11.2 Å². The zero-order valence-electron chi connectivity index (χ0n) is 15.7. The molecule has 0 saturated heterocycles. The molecule has 1 aromatic carbocycles. The normalized spacial score (nSPS) is 12.5. The molecule has 3 rings (SSSR count). The molecular formula is C18H22BrN5O3. The Bertz CT molecular complexity index is 1100. The molecule has 0 fully saturated rings. The molecule has 0 radical (unpaired) electrons.